The largest absolute Gasteiger partial charge is 0.493 e. The first-order valence-electron chi connectivity index (χ1n) is 9.57. The minimum Gasteiger partial charge on any atom is -0.493 e. The molecule has 2 heterocycles. The van der Waals surface area contributed by atoms with Gasteiger partial charge in [0, 0.05) is 32.6 Å². The third-order valence-corrected chi connectivity index (χ3v) is 4.80. The van der Waals surface area contributed by atoms with Crippen molar-refractivity contribution >= 4 is 29.3 Å². The van der Waals surface area contributed by atoms with Crippen molar-refractivity contribution in [2.24, 2.45) is 7.05 Å². The second kappa shape index (κ2) is 8.40. The van der Waals surface area contributed by atoms with Crippen LogP contribution in [0.25, 0.3) is 23.3 Å². The molecule has 158 valence electrons. The number of rotatable bonds is 6. The van der Waals surface area contributed by atoms with E-state index in [9.17, 15) is 14.4 Å². The van der Waals surface area contributed by atoms with Crippen LogP contribution in [0.4, 0.5) is 0 Å². The van der Waals surface area contributed by atoms with Crippen molar-refractivity contribution < 1.29 is 14.3 Å². The number of ether oxygens (including phenoxy) is 2. The molecule has 0 N–H and O–H groups in total. The van der Waals surface area contributed by atoms with Crippen LogP contribution in [0.2, 0.25) is 0 Å². The van der Waals surface area contributed by atoms with E-state index in [0.29, 0.717) is 40.6 Å². The fraction of sp³-hybridized carbons (Fsp3) is 0.333. The molecule has 9 heteroatoms. The number of hydrogen-bond acceptors (Lipinski definition) is 6. The molecule has 0 aliphatic carbocycles. The molecule has 3 aromatic rings. The maximum Gasteiger partial charge on any atom is 0.332 e. The van der Waals surface area contributed by atoms with Gasteiger partial charge in [0.15, 0.2) is 22.7 Å². The van der Waals surface area contributed by atoms with E-state index in [2.05, 4.69) is 4.98 Å². The van der Waals surface area contributed by atoms with Crippen molar-refractivity contribution in [3.63, 3.8) is 0 Å². The summed E-state index contributed by atoms with van der Waals surface area (Å²) in [6, 6.07) is 5.24. The number of aryl methyl sites for hydroxylation is 2. The molecule has 0 spiro atoms. The molecule has 2 aromatic heterocycles. The van der Waals surface area contributed by atoms with E-state index in [1.165, 1.54) is 23.2 Å². The van der Waals surface area contributed by atoms with E-state index in [1.807, 2.05) is 6.92 Å². The van der Waals surface area contributed by atoms with Crippen molar-refractivity contribution in [1.29, 1.82) is 0 Å². The Kier molecular flexibility index (Phi) is 5.91. The lowest BCUT2D eigenvalue weighted by Crippen LogP contribution is -2.39. The van der Waals surface area contributed by atoms with Crippen molar-refractivity contribution in [3.05, 3.63) is 50.4 Å². The average molecular weight is 412 g/mol. The van der Waals surface area contributed by atoms with Gasteiger partial charge in [-0.3, -0.25) is 18.7 Å². The summed E-state index contributed by atoms with van der Waals surface area (Å²) < 4.78 is 14.9. The topological polar surface area (TPSA) is 97.4 Å². The number of methoxy groups -OCH3 is 1. The van der Waals surface area contributed by atoms with E-state index in [-0.39, 0.29) is 17.8 Å². The van der Waals surface area contributed by atoms with Gasteiger partial charge in [-0.15, -0.1) is 0 Å². The molecule has 30 heavy (non-hydrogen) atoms. The Morgan fingerprint density at radius 1 is 1.13 bits per heavy atom. The van der Waals surface area contributed by atoms with Gasteiger partial charge in [0.2, 0.25) is 0 Å². The van der Waals surface area contributed by atoms with Crippen LogP contribution in [0.3, 0.4) is 0 Å². The fourth-order valence-corrected chi connectivity index (χ4v) is 3.33. The van der Waals surface area contributed by atoms with Crippen LogP contribution in [0.15, 0.2) is 27.8 Å². The SMILES string of the molecule is CCn1c(=O)c2c(nc(/C=C/c3cccc(OC)c3OC(C)=O)n2C)n(CC)c1=O. The molecule has 3 rings (SSSR count). The Bertz CT molecular complexity index is 1260. The third kappa shape index (κ3) is 3.54. The molecular formula is C21H24N4O5. The molecule has 0 aliphatic rings. The Morgan fingerprint density at radius 3 is 2.43 bits per heavy atom. The summed E-state index contributed by atoms with van der Waals surface area (Å²) in [4.78, 5) is 41.4. The quantitative estimate of drug-likeness (QED) is 0.454. The van der Waals surface area contributed by atoms with E-state index < -0.39 is 5.97 Å². The summed E-state index contributed by atoms with van der Waals surface area (Å²) in [5.41, 5.74) is 0.541. The van der Waals surface area contributed by atoms with Gasteiger partial charge in [0.1, 0.15) is 5.82 Å². The monoisotopic (exact) mass is 412 g/mol. The zero-order chi connectivity index (χ0) is 22.0. The number of imidazole rings is 1. The number of aromatic nitrogens is 4. The highest BCUT2D eigenvalue weighted by molar-refractivity contribution is 5.80. The second-order valence-electron chi connectivity index (χ2n) is 6.58. The van der Waals surface area contributed by atoms with Crippen molar-refractivity contribution in [3.8, 4) is 11.5 Å². The number of esters is 1. The van der Waals surface area contributed by atoms with Crippen LogP contribution < -0.4 is 20.7 Å². The summed E-state index contributed by atoms with van der Waals surface area (Å²) in [7, 11) is 3.21. The molecule has 0 unspecified atom stereocenters. The van der Waals surface area contributed by atoms with Gasteiger partial charge in [0.05, 0.1) is 7.11 Å². The molecule has 0 aliphatic heterocycles. The van der Waals surface area contributed by atoms with Crippen LogP contribution in [0.5, 0.6) is 11.5 Å². The number of para-hydroxylation sites is 1. The third-order valence-electron chi connectivity index (χ3n) is 4.80. The summed E-state index contributed by atoms with van der Waals surface area (Å²) >= 11 is 0. The number of nitrogens with zero attached hydrogens (tertiary/aromatic N) is 4. The second-order valence-corrected chi connectivity index (χ2v) is 6.58. The highest BCUT2D eigenvalue weighted by Gasteiger charge is 2.18. The highest BCUT2D eigenvalue weighted by atomic mass is 16.6. The summed E-state index contributed by atoms with van der Waals surface area (Å²) in [6.45, 7) is 5.57. The molecule has 0 amide bonds. The van der Waals surface area contributed by atoms with Crippen LogP contribution >= 0.6 is 0 Å². The Hall–Kier alpha value is -3.62. The van der Waals surface area contributed by atoms with Gasteiger partial charge in [0.25, 0.3) is 5.56 Å². The molecule has 9 nitrogen and oxygen atoms in total. The van der Waals surface area contributed by atoms with Gasteiger partial charge in [-0.25, -0.2) is 9.78 Å². The van der Waals surface area contributed by atoms with Crippen LogP contribution in [-0.4, -0.2) is 31.8 Å². The lowest BCUT2D eigenvalue weighted by Gasteiger charge is -2.10. The first kappa shape index (κ1) is 21.1. The molecule has 0 saturated carbocycles. The smallest absolute Gasteiger partial charge is 0.332 e. The Morgan fingerprint density at radius 2 is 1.83 bits per heavy atom. The standard InChI is InChI=1S/C21H24N4O5/c1-6-24-19-17(20(27)25(7-2)21(24)28)23(4)16(22-19)12-11-14-9-8-10-15(29-5)18(14)30-13(3)26/h8-12H,6-7H2,1-5H3/b12-11+. The highest BCUT2D eigenvalue weighted by Crippen LogP contribution is 2.32. The van der Waals surface area contributed by atoms with E-state index in [4.69, 9.17) is 9.47 Å². The molecular weight excluding hydrogens is 388 g/mol. The summed E-state index contributed by atoms with van der Waals surface area (Å²) in [5, 5.41) is 0. The van der Waals surface area contributed by atoms with Crippen LogP contribution in [0, 0.1) is 0 Å². The number of carbonyl (C=O) groups excluding carboxylic acids is 1. The number of fused-ring (bicyclic) bond motifs is 1. The maximum atomic E-state index is 12.8. The number of hydrogen-bond donors (Lipinski definition) is 0. The molecule has 0 saturated heterocycles. The number of benzene rings is 1. The van der Waals surface area contributed by atoms with Crippen molar-refractivity contribution in [2.75, 3.05) is 7.11 Å². The summed E-state index contributed by atoms with van der Waals surface area (Å²) in [6.07, 6.45) is 3.41. The minimum atomic E-state index is -0.469. The normalized spacial score (nSPS) is 11.4. The molecule has 1 aromatic carbocycles. The van der Waals surface area contributed by atoms with Crippen LogP contribution in [0.1, 0.15) is 32.2 Å². The predicted molar refractivity (Wildman–Crippen MR) is 114 cm³/mol. The molecule has 0 atom stereocenters. The fourth-order valence-electron chi connectivity index (χ4n) is 3.33. The van der Waals surface area contributed by atoms with E-state index in [1.54, 1.807) is 48.9 Å². The Balaban J connectivity index is 2.19. The first-order chi connectivity index (χ1) is 14.3. The van der Waals surface area contributed by atoms with E-state index >= 15 is 0 Å². The van der Waals surface area contributed by atoms with Gasteiger partial charge >= 0.3 is 11.7 Å². The Labute approximate surface area is 172 Å². The van der Waals surface area contributed by atoms with Crippen LogP contribution in [-0.2, 0) is 24.9 Å². The lowest BCUT2D eigenvalue weighted by atomic mass is 10.1. The van der Waals surface area contributed by atoms with Gasteiger partial charge in [-0.05, 0) is 32.1 Å². The maximum absolute atomic E-state index is 12.8. The zero-order valence-electron chi connectivity index (χ0n) is 17.6. The van der Waals surface area contributed by atoms with Crippen molar-refractivity contribution in [1.82, 2.24) is 18.7 Å². The first-order valence-corrected chi connectivity index (χ1v) is 9.57. The molecule has 0 bridgehead atoms. The lowest BCUT2D eigenvalue weighted by molar-refractivity contribution is -0.132. The van der Waals surface area contributed by atoms with Crippen molar-refractivity contribution in [2.45, 2.75) is 33.9 Å². The summed E-state index contributed by atoms with van der Waals surface area (Å²) in [5.74, 6) is 0.724. The zero-order valence-corrected chi connectivity index (χ0v) is 17.6. The average Bonchev–Trinajstić information content (AvgIpc) is 3.03. The molecule has 0 radical (unpaired) electrons. The molecule has 0 fully saturated rings. The predicted octanol–water partition coefficient (Wildman–Crippen LogP) is 2.04. The van der Waals surface area contributed by atoms with Gasteiger partial charge < -0.3 is 14.0 Å². The van der Waals surface area contributed by atoms with Gasteiger partial charge in [-0.2, -0.15) is 0 Å². The minimum absolute atomic E-state index is 0.277. The van der Waals surface area contributed by atoms with E-state index in [0.717, 1.165) is 0 Å². The number of carbonyl (C=O) groups is 1. The van der Waals surface area contributed by atoms with Gasteiger partial charge in [-0.1, -0.05) is 12.1 Å².